The Balaban J connectivity index is 0.00000210. The number of fused-ring (bicyclic) bond motifs is 1. The average Bonchev–Trinajstić information content (AvgIpc) is 3.39. The van der Waals surface area contributed by atoms with E-state index in [2.05, 4.69) is 0 Å². The Bertz CT molecular complexity index is 763. The standard InChI is InChI=1S/C19H23N3O4.ClH/c20-9-12-5-6-21(10-12)17(23)13-3-4-15-16(8-13)19(25)22(18(15)24)11-14-2-1-7-26-14;/h3-4,8,12,14H,1-2,5-7,9-11,20H2;1H. The van der Waals surface area contributed by atoms with Crippen LogP contribution in [-0.4, -0.2) is 66.4 Å². The van der Waals surface area contributed by atoms with Crippen molar-refractivity contribution in [3.05, 3.63) is 34.9 Å². The van der Waals surface area contributed by atoms with E-state index in [1.165, 1.54) is 4.90 Å². The summed E-state index contributed by atoms with van der Waals surface area (Å²) in [6, 6.07) is 4.79. The molecule has 3 aliphatic heterocycles. The van der Waals surface area contributed by atoms with E-state index in [-0.39, 0.29) is 42.8 Å². The summed E-state index contributed by atoms with van der Waals surface area (Å²) < 4.78 is 5.54. The Labute approximate surface area is 164 Å². The van der Waals surface area contributed by atoms with Crippen LogP contribution in [0, 0.1) is 5.92 Å². The van der Waals surface area contributed by atoms with Crippen molar-refractivity contribution in [2.75, 3.05) is 32.8 Å². The maximum absolute atomic E-state index is 12.7. The quantitative estimate of drug-likeness (QED) is 0.778. The highest BCUT2D eigenvalue weighted by Gasteiger charge is 2.38. The van der Waals surface area contributed by atoms with Gasteiger partial charge >= 0.3 is 0 Å². The number of carbonyl (C=O) groups is 3. The van der Waals surface area contributed by atoms with Gasteiger partial charge in [0, 0.05) is 25.3 Å². The van der Waals surface area contributed by atoms with Crippen molar-refractivity contribution in [1.82, 2.24) is 9.80 Å². The highest BCUT2D eigenvalue weighted by Crippen LogP contribution is 2.27. The summed E-state index contributed by atoms with van der Waals surface area (Å²) in [5.41, 5.74) is 6.81. The van der Waals surface area contributed by atoms with Gasteiger partial charge in [-0.15, -0.1) is 12.4 Å². The van der Waals surface area contributed by atoms with Gasteiger partial charge in [-0.1, -0.05) is 0 Å². The summed E-state index contributed by atoms with van der Waals surface area (Å²) in [6.07, 6.45) is 2.62. The summed E-state index contributed by atoms with van der Waals surface area (Å²) in [5, 5.41) is 0. The van der Waals surface area contributed by atoms with Crippen molar-refractivity contribution in [3.63, 3.8) is 0 Å². The number of carbonyl (C=O) groups excluding carboxylic acids is 3. The number of hydrogen-bond donors (Lipinski definition) is 1. The first-order valence-corrected chi connectivity index (χ1v) is 9.19. The minimum atomic E-state index is -0.337. The summed E-state index contributed by atoms with van der Waals surface area (Å²) in [6.45, 7) is 2.84. The second-order valence-corrected chi connectivity index (χ2v) is 7.26. The lowest BCUT2D eigenvalue weighted by atomic mass is 10.0. The monoisotopic (exact) mass is 393 g/mol. The molecule has 3 heterocycles. The average molecular weight is 394 g/mol. The maximum Gasteiger partial charge on any atom is 0.261 e. The van der Waals surface area contributed by atoms with Gasteiger partial charge in [0.25, 0.3) is 17.7 Å². The van der Waals surface area contributed by atoms with Crippen LogP contribution in [-0.2, 0) is 4.74 Å². The molecular formula is C19H24ClN3O4. The summed E-state index contributed by atoms with van der Waals surface area (Å²) in [4.78, 5) is 41.0. The van der Waals surface area contributed by atoms with Crippen molar-refractivity contribution in [1.29, 1.82) is 0 Å². The molecule has 2 unspecified atom stereocenters. The topological polar surface area (TPSA) is 92.9 Å². The van der Waals surface area contributed by atoms with Crippen LogP contribution in [0.25, 0.3) is 0 Å². The fourth-order valence-electron chi connectivity index (χ4n) is 3.97. The van der Waals surface area contributed by atoms with Crippen LogP contribution in [0.2, 0.25) is 0 Å². The van der Waals surface area contributed by atoms with Crippen molar-refractivity contribution in [2.45, 2.75) is 25.4 Å². The van der Waals surface area contributed by atoms with Crippen LogP contribution < -0.4 is 5.73 Å². The van der Waals surface area contributed by atoms with E-state index < -0.39 is 0 Å². The molecule has 2 saturated heterocycles. The van der Waals surface area contributed by atoms with E-state index in [1.54, 1.807) is 23.1 Å². The van der Waals surface area contributed by atoms with Crippen molar-refractivity contribution in [2.24, 2.45) is 11.7 Å². The van der Waals surface area contributed by atoms with Gasteiger partial charge in [-0.3, -0.25) is 19.3 Å². The first-order valence-electron chi connectivity index (χ1n) is 9.19. The Morgan fingerprint density at radius 2 is 1.96 bits per heavy atom. The number of benzene rings is 1. The smallest absolute Gasteiger partial charge is 0.261 e. The predicted molar refractivity (Wildman–Crippen MR) is 101 cm³/mol. The molecule has 1 aromatic rings. The molecule has 2 atom stereocenters. The number of likely N-dealkylation sites (tertiary alicyclic amines) is 1. The lowest BCUT2D eigenvalue weighted by molar-refractivity contribution is 0.0475. The molecule has 0 radical (unpaired) electrons. The minimum absolute atomic E-state index is 0. The first kappa shape index (κ1) is 19.8. The van der Waals surface area contributed by atoms with Crippen molar-refractivity contribution >= 4 is 30.1 Å². The Morgan fingerprint density at radius 3 is 2.63 bits per heavy atom. The van der Waals surface area contributed by atoms with E-state index in [0.29, 0.717) is 48.8 Å². The van der Waals surface area contributed by atoms with Crippen LogP contribution in [0.4, 0.5) is 0 Å². The van der Waals surface area contributed by atoms with Gasteiger partial charge in [-0.25, -0.2) is 0 Å². The molecule has 7 nitrogen and oxygen atoms in total. The molecule has 0 spiro atoms. The third-order valence-corrected chi connectivity index (χ3v) is 5.53. The van der Waals surface area contributed by atoms with Gasteiger partial charge < -0.3 is 15.4 Å². The van der Waals surface area contributed by atoms with Crippen LogP contribution >= 0.6 is 12.4 Å². The number of amides is 3. The van der Waals surface area contributed by atoms with Gasteiger partial charge in [0.15, 0.2) is 0 Å². The number of imide groups is 1. The van der Waals surface area contributed by atoms with Crippen LogP contribution in [0.5, 0.6) is 0 Å². The molecule has 2 N–H and O–H groups in total. The van der Waals surface area contributed by atoms with E-state index in [1.807, 2.05) is 0 Å². The molecule has 0 saturated carbocycles. The van der Waals surface area contributed by atoms with E-state index in [4.69, 9.17) is 10.5 Å². The second-order valence-electron chi connectivity index (χ2n) is 7.26. The molecule has 27 heavy (non-hydrogen) atoms. The fourth-order valence-corrected chi connectivity index (χ4v) is 3.97. The molecule has 0 bridgehead atoms. The van der Waals surface area contributed by atoms with Gasteiger partial charge in [-0.05, 0) is 49.9 Å². The van der Waals surface area contributed by atoms with Gasteiger partial charge in [-0.2, -0.15) is 0 Å². The highest BCUT2D eigenvalue weighted by molar-refractivity contribution is 6.22. The van der Waals surface area contributed by atoms with Crippen LogP contribution in [0.1, 0.15) is 50.3 Å². The van der Waals surface area contributed by atoms with Gasteiger partial charge in [0.05, 0.1) is 23.8 Å². The zero-order valence-electron chi connectivity index (χ0n) is 15.1. The molecule has 4 rings (SSSR count). The number of rotatable bonds is 4. The highest BCUT2D eigenvalue weighted by atomic mass is 35.5. The van der Waals surface area contributed by atoms with E-state index in [0.717, 1.165) is 19.3 Å². The molecule has 3 amide bonds. The number of nitrogens with two attached hydrogens (primary N) is 1. The lowest BCUT2D eigenvalue weighted by Gasteiger charge is -2.18. The molecule has 0 aromatic heterocycles. The zero-order valence-corrected chi connectivity index (χ0v) is 15.9. The third kappa shape index (κ3) is 3.59. The Morgan fingerprint density at radius 1 is 1.19 bits per heavy atom. The summed E-state index contributed by atoms with van der Waals surface area (Å²) >= 11 is 0. The number of hydrogen-bond acceptors (Lipinski definition) is 5. The van der Waals surface area contributed by atoms with E-state index >= 15 is 0 Å². The predicted octanol–water partition coefficient (Wildman–Crippen LogP) is 1.30. The Hall–Kier alpha value is -1.96. The minimum Gasteiger partial charge on any atom is -0.376 e. The molecule has 0 aliphatic carbocycles. The molecule has 1 aromatic carbocycles. The molecular weight excluding hydrogens is 370 g/mol. The molecule has 2 fully saturated rings. The van der Waals surface area contributed by atoms with Crippen LogP contribution in [0.3, 0.4) is 0 Å². The third-order valence-electron chi connectivity index (χ3n) is 5.53. The fraction of sp³-hybridized carbons (Fsp3) is 0.526. The lowest BCUT2D eigenvalue weighted by Crippen LogP contribution is -2.36. The maximum atomic E-state index is 12.7. The second kappa shape index (κ2) is 7.96. The molecule has 146 valence electrons. The zero-order chi connectivity index (χ0) is 18.3. The SMILES string of the molecule is Cl.NCC1CCN(C(=O)c2ccc3c(c2)C(=O)N(CC2CCCO2)C3=O)C1. The summed E-state index contributed by atoms with van der Waals surface area (Å²) in [7, 11) is 0. The van der Waals surface area contributed by atoms with Gasteiger partial charge in [0.1, 0.15) is 0 Å². The van der Waals surface area contributed by atoms with Crippen molar-refractivity contribution < 1.29 is 19.1 Å². The number of halogens is 1. The number of nitrogens with zero attached hydrogens (tertiary/aromatic N) is 2. The largest absolute Gasteiger partial charge is 0.376 e. The van der Waals surface area contributed by atoms with Crippen molar-refractivity contribution in [3.8, 4) is 0 Å². The first-order chi connectivity index (χ1) is 12.6. The molecule has 8 heteroatoms. The van der Waals surface area contributed by atoms with Gasteiger partial charge in [0.2, 0.25) is 0 Å². The van der Waals surface area contributed by atoms with E-state index in [9.17, 15) is 14.4 Å². The molecule has 3 aliphatic rings. The normalized spacial score (nSPS) is 24.3. The number of ether oxygens (including phenoxy) is 1. The Kier molecular flexibility index (Phi) is 5.83. The van der Waals surface area contributed by atoms with Crippen LogP contribution in [0.15, 0.2) is 18.2 Å². The summed E-state index contributed by atoms with van der Waals surface area (Å²) in [5.74, 6) is -0.416.